The summed E-state index contributed by atoms with van der Waals surface area (Å²) < 4.78 is 0. The number of hydrogen-bond donors (Lipinski definition) is 3. The summed E-state index contributed by atoms with van der Waals surface area (Å²) in [7, 11) is 0. The van der Waals surface area contributed by atoms with Crippen molar-refractivity contribution in [1.82, 2.24) is 10.2 Å². The van der Waals surface area contributed by atoms with E-state index in [2.05, 4.69) is 5.32 Å². The Hall–Kier alpha value is -1.63. The van der Waals surface area contributed by atoms with Crippen LogP contribution >= 0.6 is 0 Å². The van der Waals surface area contributed by atoms with Crippen LogP contribution < -0.4 is 5.32 Å². The summed E-state index contributed by atoms with van der Waals surface area (Å²) in [5.41, 5.74) is -0.629. The molecule has 1 heterocycles. The van der Waals surface area contributed by atoms with Crippen LogP contribution in [-0.4, -0.2) is 59.1 Å². The third kappa shape index (κ3) is 3.92. The number of rotatable bonds is 6. The van der Waals surface area contributed by atoms with Gasteiger partial charge >= 0.3 is 11.9 Å². The number of carbonyl (C=O) groups excluding carboxylic acids is 1. The van der Waals surface area contributed by atoms with Gasteiger partial charge in [0.2, 0.25) is 5.91 Å². The molecular formula is C12H20N2O5. The van der Waals surface area contributed by atoms with E-state index in [9.17, 15) is 14.4 Å². The molecule has 1 aliphatic rings. The van der Waals surface area contributed by atoms with Crippen molar-refractivity contribution in [2.75, 3.05) is 26.2 Å². The highest BCUT2D eigenvalue weighted by Gasteiger charge is 2.41. The number of aliphatic carboxylic acids is 2. The molecule has 1 rings (SSSR count). The van der Waals surface area contributed by atoms with Gasteiger partial charge in [-0.15, -0.1) is 0 Å². The molecule has 7 heteroatoms. The molecule has 1 aliphatic heterocycles. The molecule has 0 unspecified atom stereocenters. The number of hydrogen-bond acceptors (Lipinski definition) is 4. The molecule has 0 aromatic carbocycles. The lowest BCUT2D eigenvalue weighted by Gasteiger charge is -2.38. The molecule has 0 bridgehead atoms. The van der Waals surface area contributed by atoms with E-state index in [0.29, 0.717) is 32.4 Å². The average molecular weight is 272 g/mol. The van der Waals surface area contributed by atoms with Gasteiger partial charge in [-0.1, -0.05) is 6.92 Å². The predicted octanol–water partition coefficient (Wildman–Crippen LogP) is -0.236. The molecule has 1 saturated heterocycles. The predicted molar refractivity (Wildman–Crippen MR) is 66.7 cm³/mol. The van der Waals surface area contributed by atoms with Crippen molar-refractivity contribution in [3.63, 3.8) is 0 Å². The Morgan fingerprint density at radius 3 is 1.95 bits per heavy atom. The zero-order valence-electron chi connectivity index (χ0n) is 11.0. The molecular weight excluding hydrogens is 252 g/mol. The van der Waals surface area contributed by atoms with Gasteiger partial charge in [0, 0.05) is 0 Å². The van der Waals surface area contributed by atoms with Crippen LogP contribution in [0.5, 0.6) is 0 Å². The summed E-state index contributed by atoms with van der Waals surface area (Å²) in [5.74, 6) is -2.76. The summed E-state index contributed by atoms with van der Waals surface area (Å²) in [5, 5.41) is 20.7. The molecule has 108 valence electrons. The van der Waals surface area contributed by atoms with Crippen LogP contribution in [0, 0.1) is 5.41 Å². The summed E-state index contributed by atoms with van der Waals surface area (Å²) in [6, 6.07) is 0. The van der Waals surface area contributed by atoms with Gasteiger partial charge in [0.1, 0.15) is 13.1 Å². The second-order valence-corrected chi connectivity index (χ2v) is 4.83. The number of piperidine rings is 1. The molecule has 19 heavy (non-hydrogen) atoms. The largest absolute Gasteiger partial charge is 0.480 e. The first-order chi connectivity index (χ1) is 8.91. The summed E-state index contributed by atoms with van der Waals surface area (Å²) >= 11 is 0. The maximum atomic E-state index is 12.5. The maximum absolute atomic E-state index is 12.5. The molecule has 0 atom stereocenters. The van der Waals surface area contributed by atoms with E-state index in [4.69, 9.17) is 10.2 Å². The van der Waals surface area contributed by atoms with Crippen molar-refractivity contribution in [3.8, 4) is 0 Å². The minimum Gasteiger partial charge on any atom is -0.480 e. The monoisotopic (exact) mass is 272 g/mol. The lowest BCUT2D eigenvalue weighted by molar-refractivity contribution is -0.155. The zero-order chi connectivity index (χ0) is 14.5. The van der Waals surface area contributed by atoms with Crippen molar-refractivity contribution in [3.05, 3.63) is 0 Å². The molecule has 0 saturated carbocycles. The fourth-order valence-electron chi connectivity index (χ4n) is 2.49. The minimum absolute atomic E-state index is 0.360. The highest BCUT2D eigenvalue weighted by atomic mass is 16.4. The summed E-state index contributed by atoms with van der Waals surface area (Å²) in [6.45, 7) is 2.12. The molecule has 0 aromatic rings. The molecule has 0 radical (unpaired) electrons. The summed E-state index contributed by atoms with van der Waals surface area (Å²) in [6.07, 6.45) is 1.80. The first-order valence-electron chi connectivity index (χ1n) is 6.35. The van der Waals surface area contributed by atoms with Crippen molar-refractivity contribution < 1.29 is 24.6 Å². The molecule has 1 amide bonds. The highest BCUT2D eigenvalue weighted by Crippen LogP contribution is 2.34. The Morgan fingerprint density at radius 1 is 1.11 bits per heavy atom. The standard InChI is InChI=1S/C12H20N2O5/c1-2-12(3-5-13-6-4-12)11(19)14(7-9(15)16)8-10(17)18/h13H,2-8H2,1H3,(H,15,16)(H,17,18). The van der Waals surface area contributed by atoms with Crippen LogP contribution in [0.1, 0.15) is 26.2 Å². The Balaban J connectivity index is 2.88. The Labute approximate surface area is 111 Å². The van der Waals surface area contributed by atoms with Gasteiger partial charge < -0.3 is 20.4 Å². The number of carbonyl (C=O) groups is 3. The first kappa shape index (κ1) is 15.4. The Morgan fingerprint density at radius 2 is 1.58 bits per heavy atom. The van der Waals surface area contributed by atoms with Crippen molar-refractivity contribution >= 4 is 17.8 Å². The van der Waals surface area contributed by atoms with Gasteiger partial charge in [-0.25, -0.2) is 0 Å². The van der Waals surface area contributed by atoms with E-state index >= 15 is 0 Å². The highest BCUT2D eigenvalue weighted by molar-refractivity contribution is 5.89. The number of amides is 1. The molecule has 1 fully saturated rings. The van der Waals surface area contributed by atoms with Crippen LogP contribution in [0.3, 0.4) is 0 Å². The molecule has 7 nitrogen and oxygen atoms in total. The fraction of sp³-hybridized carbons (Fsp3) is 0.750. The SMILES string of the molecule is CCC1(C(=O)N(CC(=O)O)CC(=O)O)CCNCC1. The topological polar surface area (TPSA) is 107 Å². The van der Waals surface area contributed by atoms with Crippen LogP contribution in [0.25, 0.3) is 0 Å². The van der Waals surface area contributed by atoms with E-state index < -0.39 is 30.4 Å². The number of nitrogens with one attached hydrogen (secondary N) is 1. The Bertz CT molecular complexity index is 347. The van der Waals surface area contributed by atoms with Crippen LogP contribution in [0.2, 0.25) is 0 Å². The average Bonchev–Trinajstić information content (AvgIpc) is 2.36. The number of carboxylic acids is 2. The lowest BCUT2D eigenvalue weighted by Crippen LogP contribution is -2.51. The minimum atomic E-state index is -1.20. The van der Waals surface area contributed by atoms with Gasteiger partial charge in [0.15, 0.2) is 0 Å². The fourth-order valence-corrected chi connectivity index (χ4v) is 2.49. The second kappa shape index (κ2) is 6.51. The van der Waals surface area contributed by atoms with Crippen LogP contribution in [0.4, 0.5) is 0 Å². The van der Waals surface area contributed by atoms with Crippen molar-refractivity contribution in [1.29, 1.82) is 0 Å². The van der Waals surface area contributed by atoms with E-state index in [0.717, 1.165) is 4.90 Å². The quantitative estimate of drug-likeness (QED) is 0.616. The molecule has 3 N–H and O–H groups in total. The molecule has 0 spiro atoms. The zero-order valence-corrected chi connectivity index (χ0v) is 11.0. The normalized spacial score (nSPS) is 17.7. The second-order valence-electron chi connectivity index (χ2n) is 4.83. The summed E-state index contributed by atoms with van der Waals surface area (Å²) in [4.78, 5) is 35.0. The van der Waals surface area contributed by atoms with Crippen LogP contribution in [0.15, 0.2) is 0 Å². The lowest BCUT2D eigenvalue weighted by atomic mass is 9.75. The number of nitrogens with zero attached hydrogens (tertiary/aromatic N) is 1. The van der Waals surface area contributed by atoms with Crippen LogP contribution in [-0.2, 0) is 14.4 Å². The van der Waals surface area contributed by atoms with Gasteiger partial charge in [-0.2, -0.15) is 0 Å². The van der Waals surface area contributed by atoms with E-state index in [1.54, 1.807) is 0 Å². The van der Waals surface area contributed by atoms with Gasteiger partial charge in [0.25, 0.3) is 0 Å². The third-order valence-electron chi connectivity index (χ3n) is 3.63. The number of carboxylic acid groups (broad SMARTS) is 2. The van der Waals surface area contributed by atoms with Gasteiger partial charge in [-0.05, 0) is 32.4 Å². The Kier molecular flexibility index (Phi) is 5.29. The van der Waals surface area contributed by atoms with Gasteiger partial charge in [0.05, 0.1) is 5.41 Å². The molecule has 0 aliphatic carbocycles. The molecule has 0 aromatic heterocycles. The van der Waals surface area contributed by atoms with Gasteiger partial charge in [-0.3, -0.25) is 14.4 Å². The van der Waals surface area contributed by atoms with E-state index in [1.165, 1.54) is 0 Å². The van der Waals surface area contributed by atoms with E-state index in [-0.39, 0.29) is 5.91 Å². The smallest absolute Gasteiger partial charge is 0.323 e. The first-order valence-corrected chi connectivity index (χ1v) is 6.35. The van der Waals surface area contributed by atoms with E-state index in [1.807, 2.05) is 6.92 Å². The third-order valence-corrected chi connectivity index (χ3v) is 3.63. The maximum Gasteiger partial charge on any atom is 0.323 e. The van der Waals surface area contributed by atoms with Crippen molar-refractivity contribution in [2.24, 2.45) is 5.41 Å². The van der Waals surface area contributed by atoms with Crippen molar-refractivity contribution in [2.45, 2.75) is 26.2 Å².